The van der Waals surface area contributed by atoms with E-state index >= 15 is 0 Å². The molecule has 0 atom stereocenters. The van der Waals surface area contributed by atoms with Crippen LogP contribution in [0.5, 0.6) is 11.5 Å². The number of phenols is 2. The lowest BCUT2D eigenvalue weighted by Crippen LogP contribution is -2.02. The summed E-state index contributed by atoms with van der Waals surface area (Å²) in [4.78, 5) is 0. The molecule has 0 bridgehead atoms. The first-order valence-electron chi connectivity index (χ1n) is 15.2. The van der Waals surface area contributed by atoms with Gasteiger partial charge in [0.05, 0.1) is 0 Å². The second kappa shape index (κ2) is 15.5. The van der Waals surface area contributed by atoms with Crippen molar-refractivity contribution in [2.24, 2.45) is 17.8 Å². The zero-order valence-corrected chi connectivity index (χ0v) is 26.2. The SMILES string of the molecule is CC(C)Cc1cc(Cc2ccccc2)cc(CC(C)C)c1O.Cc1cc(Cc2ccccc2)c(O)c(CC(C)C)c1. The molecule has 0 aromatic heterocycles. The molecule has 0 unspecified atom stereocenters. The van der Waals surface area contributed by atoms with Crippen LogP contribution in [-0.4, -0.2) is 10.2 Å². The second-order valence-corrected chi connectivity index (χ2v) is 12.8. The maximum Gasteiger partial charge on any atom is 0.122 e. The van der Waals surface area contributed by atoms with E-state index < -0.39 is 0 Å². The van der Waals surface area contributed by atoms with E-state index in [2.05, 4.69) is 115 Å². The van der Waals surface area contributed by atoms with Crippen molar-refractivity contribution in [1.29, 1.82) is 0 Å². The molecule has 4 aromatic rings. The Morgan fingerprint density at radius 3 is 1.27 bits per heavy atom. The molecule has 2 heteroatoms. The van der Waals surface area contributed by atoms with E-state index in [0.29, 0.717) is 29.3 Å². The Morgan fingerprint density at radius 2 is 0.829 bits per heavy atom. The van der Waals surface area contributed by atoms with Crippen molar-refractivity contribution < 1.29 is 10.2 Å². The summed E-state index contributed by atoms with van der Waals surface area (Å²) >= 11 is 0. The Morgan fingerprint density at radius 1 is 0.463 bits per heavy atom. The van der Waals surface area contributed by atoms with E-state index in [1.54, 1.807) is 0 Å². The van der Waals surface area contributed by atoms with Gasteiger partial charge in [-0.25, -0.2) is 0 Å². The van der Waals surface area contributed by atoms with Crippen LogP contribution in [-0.2, 0) is 32.1 Å². The summed E-state index contributed by atoms with van der Waals surface area (Å²) in [5, 5.41) is 21.0. The first-order valence-corrected chi connectivity index (χ1v) is 15.2. The average Bonchev–Trinajstić information content (AvgIpc) is 2.90. The number of phenolic OH excluding ortho intramolecular Hbond substituents is 2. The third-order valence-corrected chi connectivity index (χ3v) is 7.11. The zero-order valence-electron chi connectivity index (χ0n) is 26.2. The Hall–Kier alpha value is -3.52. The van der Waals surface area contributed by atoms with E-state index in [9.17, 15) is 10.2 Å². The Bertz CT molecular complexity index is 1320. The van der Waals surface area contributed by atoms with Crippen LogP contribution in [0.4, 0.5) is 0 Å². The molecule has 0 amide bonds. The highest BCUT2D eigenvalue weighted by Gasteiger charge is 2.13. The molecule has 2 N–H and O–H groups in total. The lowest BCUT2D eigenvalue weighted by atomic mass is 9.91. The minimum absolute atomic E-state index is 0.475. The fourth-order valence-electron chi connectivity index (χ4n) is 5.44. The van der Waals surface area contributed by atoms with Gasteiger partial charge in [-0.3, -0.25) is 0 Å². The minimum Gasteiger partial charge on any atom is -0.507 e. The van der Waals surface area contributed by atoms with Crippen molar-refractivity contribution in [2.45, 2.75) is 80.6 Å². The van der Waals surface area contributed by atoms with Crippen LogP contribution in [0.2, 0.25) is 0 Å². The third kappa shape index (κ3) is 10.4. The molecule has 0 heterocycles. The molecule has 0 saturated heterocycles. The average molecular weight is 551 g/mol. The lowest BCUT2D eigenvalue weighted by molar-refractivity contribution is 0.450. The maximum atomic E-state index is 10.6. The van der Waals surface area contributed by atoms with E-state index in [0.717, 1.165) is 54.4 Å². The number of hydrogen-bond donors (Lipinski definition) is 2. The van der Waals surface area contributed by atoms with Crippen LogP contribution in [0.3, 0.4) is 0 Å². The van der Waals surface area contributed by atoms with Crippen molar-refractivity contribution >= 4 is 0 Å². The summed E-state index contributed by atoms with van der Waals surface area (Å²) in [6, 6.07) is 29.4. The van der Waals surface area contributed by atoms with Gasteiger partial charge in [0.15, 0.2) is 0 Å². The van der Waals surface area contributed by atoms with Crippen molar-refractivity contribution in [3.8, 4) is 11.5 Å². The Labute approximate surface area is 249 Å². The summed E-state index contributed by atoms with van der Waals surface area (Å²) < 4.78 is 0. The minimum atomic E-state index is 0.475. The van der Waals surface area contributed by atoms with E-state index in [4.69, 9.17) is 0 Å². The largest absolute Gasteiger partial charge is 0.507 e. The summed E-state index contributed by atoms with van der Waals surface area (Å²) in [5.41, 5.74) is 9.37. The van der Waals surface area contributed by atoms with Crippen LogP contribution in [0.1, 0.15) is 86.1 Å². The summed E-state index contributed by atoms with van der Waals surface area (Å²) in [6.07, 6.45) is 4.51. The van der Waals surface area contributed by atoms with Crippen LogP contribution in [0, 0.1) is 24.7 Å². The smallest absolute Gasteiger partial charge is 0.122 e. The molecule has 4 aromatic carbocycles. The molecule has 0 aliphatic rings. The van der Waals surface area contributed by atoms with Crippen LogP contribution >= 0.6 is 0 Å². The van der Waals surface area contributed by atoms with Gasteiger partial charge in [0, 0.05) is 6.42 Å². The molecule has 0 radical (unpaired) electrons. The maximum absolute atomic E-state index is 10.6. The Balaban J connectivity index is 0.000000228. The van der Waals surface area contributed by atoms with Crippen LogP contribution in [0.25, 0.3) is 0 Å². The number of rotatable bonds is 10. The van der Waals surface area contributed by atoms with Gasteiger partial charge in [-0.1, -0.05) is 132 Å². The molecule has 41 heavy (non-hydrogen) atoms. The molecular formula is C39H50O2. The van der Waals surface area contributed by atoms with Gasteiger partial charge < -0.3 is 10.2 Å². The van der Waals surface area contributed by atoms with Gasteiger partial charge in [0.2, 0.25) is 0 Å². The van der Waals surface area contributed by atoms with Crippen molar-refractivity contribution in [1.82, 2.24) is 0 Å². The first-order chi connectivity index (χ1) is 19.5. The Kier molecular flexibility index (Phi) is 12.1. The van der Waals surface area contributed by atoms with E-state index in [1.165, 1.54) is 22.3 Å². The number of aromatic hydroxyl groups is 2. The third-order valence-electron chi connectivity index (χ3n) is 7.11. The highest BCUT2D eigenvalue weighted by Crippen LogP contribution is 2.30. The van der Waals surface area contributed by atoms with Gasteiger partial charge in [-0.15, -0.1) is 0 Å². The summed E-state index contributed by atoms with van der Waals surface area (Å²) in [7, 11) is 0. The molecule has 0 saturated carbocycles. The van der Waals surface area contributed by atoms with Gasteiger partial charge in [-0.2, -0.15) is 0 Å². The quantitative estimate of drug-likeness (QED) is 0.206. The zero-order chi connectivity index (χ0) is 29.9. The van der Waals surface area contributed by atoms with Crippen molar-refractivity contribution in [2.75, 3.05) is 0 Å². The van der Waals surface area contributed by atoms with Gasteiger partial charge in [0.25, 0.3) is 0 Å². The highest BCUT2D eigenvalue weighted by atomic mass is 16.3. The predicted octanol–water partition coefficient (Wildman–Crippen LogP) is 9.87. The molecule has 0 aliphatic carbocycles. The number of aryl methyl sites for hydroxylation is 1. The van der Waals surface area contributed by atoms with Gasteiger partial charge >= 0.3 is 0 Å². The van der Waals surface area contributed by atoms with Gasteiger partial charge in [0.1, 0.15) is 11.5 Å². The van der Waals surface area contributed by atoms with E-state index in [-0.39, 0.29) is 0 Å². The topological polar surface area (TPSA) is 40.5 Å². The second-order valence-electron chi connectivity index (χ2n) is 12.8. The monoisotopic (exact) mass is 550 g/mol. The first kappa shape index (κ1) is 32.0. The lowest BCUT2D eigenvalue weighted by Gasteiger charge is -2.16. The standard InChI is InChI=1S/C21H28O.C18H22O/c1-15(2)10-19-13-18(12-17-8-6-5-7-9-17)14-20(21(19)22)11-16(3)4;1-13(2)9-16-10-14(3)11-17(18(16)19)12-15-7-5-4-6-8-15/h5-9,13-16,22H,10-12H2,1-4H3;4-8,10-11,13,19H,9,12H2,1-3H3. The highest BCUT2D eigenvalue weighted by molar-refractivity contribution is 5.47. The summed E-state index contributed by atoms with van der Waals surface area (Å²) in [5.74, 6) is 2.63. The van der Waals surface area contributed by atoms with Gasteiger partial charge in [-0.05, 0) is 89.3 Å². The molecule has 4 rings (SSSR count). The summed E-state index contributed by atoms with van der Waals surface area (Å²) in [6.45, 7) is 15.3. The predicted molar refractivity (Wildman–Crippen MR) is 175 cm³/mol. The molecule has 218 valence electrons. The fourth-order valence-corrected chi connectivity index (χ4v) is 5.44. The number of benzene rings is 4. The fraction of sp³-hybridized carbons (Fsp3) is 0.385. The van der Waals surface area contributed by atoms with Crippen LogP contribution < -0.4 is 0 Å². The molecule has 2 nitrogen and oxygen atoms in total. The van der Waals surface area contributed by atoms with Crippen LogP contribution in [0.15, 0.2) is 84.9 Å². The molecule has 0 aliphatic heterocycles. The molecule has 0 spiro atoms. The molecular weight excluding hydrogens is 500 g/mol. The normalized spacial score (nSPS) is 11.2. The molecule has 0 fully saturated rings. The van der Waals surface area contributed by atoms with E-state index in [1.807, 2.05) is 18.2 Å². The van der Waals surface area contributed by atoms with Crippen molar-refractivity contribution in [3.05, 3.63) is 129 Å². The van der Waals surface area contributed by atoms with Crippen molar-refractivity contribution in [3.63, 3.8) is 0 Å². The number of hydrogen-bond acceptors (Lipinski definition) is 2.